The second kappa shape index (κ2) is 11.9. The lowest BCUT2D eigenvalue weighted by molar-refractivity contribution is 1.20. The van der Waals surface area contributed by atoms with Crippen molar-refractivity contribution < 1.29 is 0 Å². The van der Waals surface area contributed by atoms with E-state index in [2.05, 4.69) is 213 Å². The molecule has 0 unspecified atom stereocenters. The smallest absolute Gasteiger partial charge is 0.333 e. The summed E-state index contributed by atoms with van der Waals surface area (Å²) in [5, 5.41) is 5.20. The molecule has 11 aromatic rings. The molecule has 6 heterocycles. The molecule has 4 nitrogen and oxygen atoms in total. The summed E-state index contributed by atoms with van der Waals surface area (Å²) in [6.45, 7) is -0.151. The number of fused-ring (bicyclic) bond motifs is 15. The zero-order valence-corrected chi connectivity index (χ0v) is 34.6. The molecule has 0 spiro atoms. The lowest BCUT2D eigenvalue weighted by atomic mass is 9.41. The Kier molecular flexibility index (Phi) is 6.43. The van der Waals surface area contributed by atoms with Crippen LogP contribution in [0.5, 0.6) is 0 Å². The van der Waals surface area contributed by atoms with E-state index in [0.717, 1.165) is 11.4 Å². The Labute approximate surface area is 363 Å². The second-order valence-electron chi connectivity index (χ2n) is 17.1. The highest BCUT2D eigenvalue weighted by Gasteiger charge is 2.50. The highest BCUT2D eigenvalue weighted by atomic mass is 32.2. The molecule has 7 heteroatoms. The fourth-order valence-corrected chi connectivity index (χ4v) is 12.5. The summed E-state index contributed by atoms with van der Waals surface area (Å²) < 4.78 is 5.37. The minimum atomic E-state index is -0.0861. The standard InChI is InChI=1S/C55H34B2N4S/c1-62-35-29-30-44-49(31-35)59(34-17-6-3-7-18-34)55-51-43(42-25-13-23-40-37-20-8-10-26-46(37)60(53(40)42)56(44)51)32-45-54(55)58(33-15-4-2-5-16-33)48-28-14-21-38-41-24-12-22-39-36-19-9-11-27-47(36)61(52(39)41)57(45)50(38)48/h2-32H,1H3. The highest BCUT2D eigenvalue weighted by molar-refractivity contribution is 7.98. The van der Waals surface area contributed by atoms with Gasteiger partial charge in [-0.05, 0) is 93.8 Å². The Morgan fingerprint density at radius 1 is 0.387 bits per heavy atom. The molecule has 62 heavy (non-hydrogen) atoms. The molecule has 0 aliphatic carbocycles. The van der Waals surface area contributed by atoms with Gasteiger partial charge in [0.1, 0.15) is 0 Å². The fourth-order valence-electron chi connectivity index (χ4n) is 12.1. The predicted octanol–water partition coefficient (Wildman–Crippen LogP) is 11.5. The van der Waals surface area contributed by atoms with E-state index >= 15 is 0 Å². The average Bonchev–Trinajstić information content (AvgIpc) is 3.86. The Morgan fingerprint density at radius 3 is 1.56 bits per heavy atom. The zero-order chi connectivity index (χ0) is 40.4. The van der Waals surface area contributed by atoms with Crippen molar-refractivity contribution in [3.63, 3.8) is 0 Å². The summed E-state index contributed by atoms with van der Waals surface area (Å²) in [4.78, 5) is 6.47. The summed E-state index contributed by atoms with van der Waals surface area (Å²) >= 11 is 1.81. The van der Waals surface area contributed by atoms with Gasteiger partial charge in [-0.15, -0.1) is 11.8 Å². The SMILES string of the molecule is CSc1ccc2c(c1)N(c1ccccc1)c1c3c(cc4c1N(c1ccccc1)c1cccc5c1B4n1c4ccccc4c4cccc-5c41)-c1cccc4c5ccccc5n(c14)B23. The molecule has 0 atom stereocenters. The van der Waals surface area contributed by atoms with Gasteiger partial charge in [0.15, 0.2) is 0 Å². The maximum absolute atomic E-state index is 2.69. The van der Waals surface area contributed by atoms with Crippen molar-refractivity contribution in [3.8, 4) is 22.3 Å². The van der Waals surface area contributed by atoms with Crippen molar-refractivity contribution in [3.05, 3.63) is 188 Å². The highest BCUT2D eigenvalue weighted by Crippen LogP contribution is 2.53. The number of benzene rings is 9. The Balaban J connectivity index is 1.20. The lowest BCUT2D eigenvalue weighted by Crippen LogP contribution is -2.61. The molecule has 15 rings (SSSR count). The second-order valence-corrected chi connectivity index (χ2v) is 18.0. The number of rotatable bonds is 3. The largest absolute Gasteiger partial charge is 0.375 e. The summed E-state index contributed by atoms with van der Waals surface area (Å²) in [5.74, 6) is 0. The molecule has 0 N–H and O–H groups in total. The number of para-hydroxylation sites is 6. The minimum Gasteiger partial charge on any atom is -0.375 e. The number of hydrogen-bond acceptors (Lipinski definition) is 3. The van der Waals surface area contributed by atoms with Gasteiger partial charge in [0, 0.05) is 82.4 Å². The molecule has 9 aromatic carbocycles. The van der Waals surface area contributed by atoms with E-state index in [1.807, 2.05) is 11.8 Å². The third-order valence-corrected chi connectivity index (χ3v) is 15.0. The number of hydrogen-bond donors (Lipinski definition) is 0. The van der Waals surface area contributed by atoms with Crippen molar-refractivity contribution in [1.29, 1.82) is 0 Å². The molecule has 4 aliphatic rings. The molecule has 4 aliphatic heterocycles. The molecule has 286 valence electrons. The van der Waals surface area contributed by atoms with Gasteiger partial charge in [0.25, 0.3) is 0 Å². The Bertz CT molecular complexity index is 3780. The summed E-state index contributed by atoms with van der Waals surface area (Å²) in [6, 6.07) is 71.0. The number of aromatic nitrogens is 2. The Morgan fingerprint density at radius 2 is 0.919 bits per heavy atom. The van der Waals surface area contributed by atoms with E-state index in [1.54, 1.807) is 0 Å². The summed E-state index contributed by atoms with van der Waals surface area (Å²) in [7, 11) is 0. The molecule has 0 saturated carbocycles. The topological polar surface area (TPSA) is 16.3 Å². The van der Waals surface area contributed by atoms with Crippen LogP contribution in [-0.2, 0) is 0 Å². The monoisotopic (exact) mass is 804 g/mol. The Hall–Kier alpha value is -7.34. The van der Waals surface area contributed by atoms with Gasteiger partial charge in [-0.1, -0.05) is 133 Å². The molecule has 0 bridgehead atoms. The molecular formula is C55H34B2N4S. The van der Waals surface area contributed by atoms with Crippen LogP contribution < -0.4 is 31.7 Å². The normalized spacial score (nSPS) is 13.8. The quantitative estimate of drug-likeness (QED) is 0.131. The number of thioether (sulfide) groups is 1. The van der Waals surface area contributed by atoms with E-state index in [4.69, 9.17) is 0 Å². The summed E-state index contributed by atoms with van der Waals surface area (Å²) in [5.41, 5.74) is 22.9. The number of nitrogens with zero attached hydrogens (tertiary/aromatic N) is 4. The van der Waals surface area contributed by atoms with Gasteiger partial charge in [0.05, 0.1) is 11.4 Å². The molecule has 0 amide bonds. The van der Waals surface area contributed by atoms with Gasteiger partial charge in [0.2, 0.25) is 0 Å². The number of anilines is 6. The first-order valence-corrected chi connectivity index (χ1v) is 22.8. The van der Waals surface area contributed by atoms with E-state index in [1.165, 1.54) is 115 Å². The van der Waals surface area contributed by atoms with E-state index in [-0.39, 0.29) is 13.7 Å². The molecule has 0 radical (unpaired) electrons. The van der Waals surface area contributed by atoms with Crippen molar-refractivity contribution >= 4 is 125 Å². The van der Waals surface area contributed by atoms with Crippen LogP contribution in [0.3, 0.4) is 0 Å². The van der Waals surface area contributed by atoms with E-state index < -0.39 is 0 Å². The van der Waals surface area contributed by atoms with Crippen LogP contribution in [0.4, 0.5) is 34.1 Å². The van der Waals surface area contributed by atoms with Gasteiger partial charge in [-0.25, -0.2) is 0 Å². The minimum absolute atomic E-state index is 0.0648. The van der Waals surface area contributed by atoms with Gasteiger partial charge < -0.3 is 18.8 Å². The lowest BCUT2D eigenvalue weighted by Gasteiger charge is -2.47. The van der Waals surface area contributed by atoms with Crippen LogP contribution in [0, 0.1) is 0 Å². The van der Waals surface area contributed by atoms with Gasteiger partial charge in [-0.2, -0.15) is 0 Å². The zero-order valence-electron chi connectivity index (χ0n) is 33.7. The van der Waals surface area contributed by atoms with Crippen molar-refractivity contribution in [2.45, 2.75) is 4.90 Å². The molecule has 0 saturated heterocycles. The van der Waals surface area contributed by atoms with Crippen LogP contribution in [0.2, 0.25) is 0 Å². The third-order valence-electron chi connectivity index (χ3n) is 14.3. The summed E-state index contributed by atoms with van der Waals surface area (Å²) in [6.07, 6.45) is 2.19. The first kappa shape index (κ1) is 33.4. The van der Waals surface area contributed by atoms with Crippen molar-refractivity contribution in [1.82, 2.24) is 8.96 Å². The van der Waals surface area contributed by atoms with E-state index in [0.29, 0.717) is 0 Å². The van der Waals surface area contributed by atoms with Crippen LogP contribution in [0.1, 0.15) is 0 Å². The van der Waals surface area contributed by atoms with Gasteiger partial charge in [-0.3, -0.25) is 0 Å². The first-order valence-electron chi connectivity index (χ1n) is 21.5. The van der Waals surface area contributed by atoms with Crippen LogP contribution >= 0.6 is 11.8 Å². The molecular weight excluding hydrogens is 770 g/mol. The van der Waals surface area contributed by atoms with Crippen LogP contribution in [-0.4, -0.2) is 28.9 Å². The van der Waals surface area contributed by atoms with Crippen molar-refractivity contribution in [2.24, 2.45) is 0 Å². The van der Waals surface area contributed by atoms with E-state index in [9.17, 15) is 0 Å². The van der Waals surface area contributed by atoms with Crippen molar-refractivity contribution in [2.75, 3.05) is 16.1 Å². The fraction of sp³-hybridized carbons (Fsp3) is 0.0182. The van der Waals surface area contributed by atoms with Crippen LogP contribution in [0.25, 0.3) is 65.9 Å². The molecule has 0 fully saturated rings. The van der Waals surface area contributed by atoms with Crippen LogP contribution in [0.15, 0.2) is 193 Å². The maximum atomic E-state index is 2.69. The molecule has 2 aromatic heterocycles. The van der Waals surface area contributed by atoms with Gasteiger partial charge >= 0.3 is 13.7 Å². The third kappa shape index (κ3) is 3.99. The predicted molar refractivity (Wildman–Crippen MR) is 265 cm³/mol. The average molecular weight is 805 g/mol. The first-order chi connectivity index (χ1) is 30.8. The maximum Gasteiger partial charge on any atom is 0.333 e.